The molecule has 1 N–H and O–H groups in total. The van der Waals surface area contributed by atoms with E-state index in [2.05, 4.69) is 31.9 Å². The van der Waals surface area contributed by atoms with Crippen LogP contribution in [0, 0.1) is 0 Å². The third-order valence-corrected chi connectivity index (χ3v) is 4.06. The van der Waals surface area contributed by atoms with Crippen molar-refractivity contribution in [2.24, 2.45) is 0 Å². The molecule has 1 atom stereocenters. The lowest BCUT2D eigenvalue weighted by Crippen LogP contribution is -2.02. The molecule has 21 heavy (non-hydrogen) atoms. The lowest BCUT2D eigenvalue weighted by Gasteiger charge is -2.14. The molecule has 0 fully saturated rings. The molecule has 0 bridgehead atoms. The van der Waals surface area contributed by atoms with Crippen molar-refractivity contribution in [2.75, 3.05) is 14.2 Å². The summed E-state index contributed by atoms with van der Waals surface area (Å²) in [6.07, 6.45) is -0.0830. The van der Waals surface area contributed by atoms with Crippen molar-refractivity contribution in [1.29, 1.82) is 0 Å². The minimum atomic E-state index is -0.586. The van der Waals surface area contributed by atoms with Crippen LogP contribution in [0.15, 0.2) is 45.3 Å². The Morgan fingerprint density at radius 1 is 0.952 bits per heavy atom. The molecule has 1 unspecified atom stereocenters. The van der Waals surface area contributed by atoms with Gasteiger partial charge in [-0.05, 0) is 41.5 Å². The fraction of sp³-hybridized carbons (Fsp3) is 0.250. The van der Waals surface area contributed by atoms with Crippen LogP contribution in [0.5, 0.6) is 11.5 Å². The average molecular weight is 416 g/mol. The van der Waals surface area contributed by atoms with Crippen LogP contribution in [0.2, 0.25) is 0 Å². The Morgan fingerprint density at radius 3 is 2.14 bits per heavy atom. The average Bonchev–Trinajstić information content (AvgIpc) is 2.46. The molecule has 0 aliphatic rings. The van der Waals surface area contributed by atoms with Gasteiger partial charge in [-0.15, -0.1) is 0 Å². The van der Waals surface area contributed by atoms with Crippen molar-refractivity contribution in [3.05, 3.63) is 56.5 Å². The summed E-state index contributed by atoms with van der Waals surface area (Å²) in [5.74, 6) is 1.35. The van der Waals surface area contributed by atoms with Crippen molar-refractivity contribution in [3.63, 3.8) is 0 Å². The highest BCUT2D eigenvalue weighted by Crippen LogP contribution is 2.31. The maximum absolute atomic E-state index is 10.4. The van der Waals surface area contributed by atoms with E-state index in [-0.39, 0.29) is 0 Å². The molecule has 0 aliphatic carbocycles. The maximum atomic E-state index is 10.4. The molecular formula is C16H16Br2O3. The van der Waals surface area contributed by atoms with Gasteiger partial charge in [0.05, 0.1) is 20.3 Å². The molecule has 0 heterocycles. The summed E-state index contributed by atoms with van der Waals surface area (Å²) in [4.78, 5) is 0. The van der Waals surface area contributed by atoms with Crippen LogP contribution in [0.4, 0.5) is 0 Å². The Bertz CT molecular complexity index is 609. The summed E-state index contributed by atoms with van der Waals surface area (Å²) in [7, 11) is 3.20. The van der Waals surface area contributed by atoms with Crippen molar-refractivity contribution >= 4 is 31.9 Å². The van der Waals surface area contributed by atoms with Crippen LogP contribution in [-0.2, 0) is 6.42 Å². The molecular weight excluding hydrogens is 400 g/mol. The van der Waals surface area contributed by atoms with E-state index in [4.69, 9.17) is 9.47 Å². The molecule has 2 aromatic rings. The Hall–Kier alpha value is -1.04. The van der Waals surface area contributed by atoms with Gasteiger partial charge in [0.2, 0.25) is 0 Å². The summed E-state index contributed by atoms with van der Waals surface area (Å²) >= 11 is 6.86. The van der Waals surface area contributed by atoms with E-state index < -0.39 is 6.10 Å². The minimum absolute atomic E-state index is 0.503. The number of methoxy groups -OCH3 is 2. The monoisotopic (exact) mass is 414 g/mol. The van der Waals surface area contributed by atoms with Gasteiger partial charge < -0.3 is 14.6 Å². The molecule has 0 spiro atoms. The molecule has 112 valence electrons. The summed E-state index contributed by atoms with van der Waals surface area (Å²) in [6.45, 7) is 0. The molecule has 5 heteroatoms. The van der Waals surface area contributed by atoms with Crippen LogP contribution in [0.3, 0.4) is 0 Å². The molecule has 0 radical (unpaired) electrons. The van der Waals surface area contributed by atoms with Crippen LogP contribution in [0.25, 0.3) is 0 Å². The van der Waals surface area contributed by atoms with Gasteiger partial charge in [0.1, 0.15) is 0 Å². The van der Waals surface area contributed by atoms with Crippen molar-refractivity contribution in [2.45, 2.75) is 12.5 Å². The summed E-state index contributed by atoms with van der Waals surface area (Å²) in [5.41, 5.74) is 1.84. The summed E-state index contributed by atoms with van der Waals surface area (Å²) in [6, 6.07) is 11.4. The van der Waals surface area contributed by atoms with E-state index in [1.807, 2.05) is 36.4 Å². The quantitative estimate of drug-likeness (QED) is 0.780. The zero-order valence-electron chi connectivity index (χ0n) is 11.8. The maximum Gasteiger partial charge on any atom is 0.160 e. The Morgan fingerprint density at radius 2 is 1.57 bits per heavy atom. The third-order valence-electron chi connectivity index (χ3n) is 3.15. The van der Waals surface area contributed by atoms with Gasteiger partial charge in [-0.25, -0.2) is 0 Å². The second kappa shape index (κ2) is 7.29. The van der Waals surface area contributed by atoms with Crippen LogP contribution >= 0.6 is 31.9 Å². The van der Waals surface area contributed by atoms with E-state index >= 15 is 0 Å². The summed E-state index contributed by atoms with van der Waals surface area (Å²) in [5, 5.41) is 10.4. The number of halogens is 2. The normalized spacial score (nSPS) is 12.0. The lowest BCUT2D eigenvalue weighted by molar-refractivity contribution is 0.178. The third kappa shape index (κ3) is 4.22. The van der Waals surface area contributed by atoms with Gasteiger partial charge in [0.25, 0.3) is 0 Å². The first-order valence-corrected chi connectivity index (χ1v) is 7.97. The Kier molecular flexibility index (Phi) is 5.67. The number of ether oxygens (including phenoxy) is 2. The van der Waals surface area contributed by atoms with Crippen molar-refractivity contribution in [1.82, 2.24) is 0 Å². The molecule has 0 saturated heterocycles. The van der Waals surface area contributed by atoms with Crippen molar-refractivity contribution < 1.29 is 14.6 Å². The standard InChI is InChI=1S/C16H16Br2O3/c1-20-15-4-3-10(6-16(15)21-2)5-14(19)11-7-12(17)9-13(18)8-11/h3-4,6-9,14,19H,5H2,1-2H3. The van der Waals surface area contributed by atoms with Crippen LogP contribution < -0.4 is 9.47 Å². The molecule has 0 aromatic heterocycles. The van der Waals surface area contributed by atoms with Gasteiger partial charge in [0.15, 0.2) is 11.5 Å². The predicted octanol–water partition coefficient (Wildman–Crippen LogP) is 4.50. The lowest BCUT2D eigenvalue weighted by atomic mass is 10.0. The number of hydrogen-bond acceptors (Lipinski definition) is 3. The van der Waals surface area contributed by atoms with Gasteiger partial charge in [-0.1, -0.05) is 37.9 Å². The first-order chi connectivity index (χ1) is 10.0. The first-order valence-electron chi connectivity index (χ1n) is 6.38. The molecule has 2 rings (SSSR count). The van der Waals surface area contributed by atoms with E-state index in [9.17, 15) is 5.11 Å². The fourth-order valence-corrected chi connectivity index (χ4v) is 3.45. The van der Waals surface area contributed by atoms with Gasteiger partial charge in [0, 0.05) is 15.4 Å². The molecule has 0 amide bonds. The topological polar surface area (TPSA) is 38.7 Å². The Balaban J connectivity index is 2.20. The fourth-order valence-electron chi connectivity index (χ4n) is 2.12. The zero-order valence-corrected chi connectivity index (χ0v) is 14.9. The molecule has 0 saturated carbocycles. The van der Waals surface area contributed by atoms with E-state index in [1.165, 1.54) is 0 Å². The van der Waals surface area contributed by atoms with E-state index in [0.717, 1.165) is 20.1 Å². The first kappa shape index (κ1) is 16.3. The zero-order chi connectivity index (χ0) is 15.4. The number of hydrogen-bond donors (Lipinski definition) is 1. The highest BCUT2D eigenvalue weighted by atomic mass is 79.9. The second-order valence-electron chi connectivity index (χ2n) is 4.61. The largest absolute Gasteiger partial charge is 0.493 e. The number of aliphatic hydroxyl groups excluding tert-OH is 1. The second-order valence-corrected chi connectivity index (χ2v) is 6.44. The highest BCUT2D eigenvalue weighted by molar-refractivity contribution is 9.11. The molecule has 0 aliphatic heterocycles. The number of rotatable bonds is 5. The predicted molar refractivity (Wildman–Crippen MR) is 90.1 cm³/mol. The van der Waals surface area contributed by atoms with Crippen molar-refractivity contribution in [3.8, 4) is 11.5 Å². The van der Waals surface area contributed by atoms with Crippen LogP contribution in [-0.4, -0.2) is 19.3 Å². The smallest absolute Gasteiger partial charge is 0.160 e. The summed E-state index contributed by atoms with van der Waals surface area (Å²) < 4.78 is 12.4. The SMILES string of the molecule is COc1ccc(CC(O)c2cc(Br)cc(Br)c2)cc1OC. The van der Waals surface area contributed by atoms with Gasteiger partial charge >= 0.3 is 0 Å². The number of aliphatic hydroxyl groups is 1. The van der Waals surface area contributed by atoms with E-state index in [0.29, 0.717) is 17.9 Å². The Labute approximate surface area is 141 Å². The molecule has 2 aromatic carbocycles. The highest BCUT2D eigenvalue weighted by Gasteiger charge is 2.12. The minimum Gasteiger partial charge on any atom is -0.493 e. The van der Waals surface area contributed by atoms with E-state index in [1.54, 1.807) is 14.2 Å². The molecule has 3 nitrogen and oxygen atoms in total. The van der Waals surface area contributed by atoms with Gasteiger partial charge in [-0.2, -0.15) is 0 Å². The van der Waals surface area contributed by atoms with Gasteiger partial charge in [-0.3, -0.25) is 0 Å². The number of benzene rings is 2. The van der Waals surface area contributed by atoms with Crippen LogP contribution in [0.1, 0.15) is 17.2 Å².